The predicted octanol–water partition coefficient (Wildman–Crippen LogP) is 3.80. The molecule has 0 N–H and O–H groups in total. The zero-order valence-corrected chi connectivity index (χ0v) is 16.5. The number of nitrogens with zero attached hydrogens (tertiary/aromatic N) is 3. The lowest BCUT2D eigenvalue weighted by atomic mass is 10.1. The Bertz CT molecular complexity index is 1140. The average molecular weight is 391 g/mol. The highest BCUT2D eigenvalue weighted by Crippen LogP contribution is 2.37. The van der Waals surface area contributed by atoms with E-state index < -0.39 is 0 Å². The molecule has 6 heteroatoms. The molecule has 0 saturated heterocycles. The second-order valence-electron chi connectivity index (χ2n) is 7.55. The van der Waals surface area contributed by atoms with Crippen LogP contribution in [0.1, 0.15) is 31.4 Å². The van der Waals surface area contributed by atoms with Crippen molar-refractivity contribution in [3.05, 3.63) is 64.4 Å². The number of anilines is 1. The molecule has 2 heterocycles. The van der Waals surface area contributed by atoms with Crippen LogP contribution < -0.4 is 10.5 Å². The molecule has 2 aromatic carbocycles. The molecule has 3 aromatic rings. The van der Waals surface area contributed by atoms with Gasteiger partial charge in [-0.25, -0.2) is 4.98 Å². The van der Waals surface area contributed by atoms with Crippen LogP contribution in [0.5, 0.6) is 0 Å². The number of amides is 1. The Hall–Kier alpha value is -2.60. The first-order valence-electron chi connectivity index (χ1n) is 9.67. The summed E-state index contributed by atoms with van der Waals surface area (Å²) in [4.78, 5) is 32.6. The molecule has 5 nitrogen and oxygen atoms in total. The van der Waals surface area contributed by atoms with Gasteiger partial charge >= 0.3 is 0 Å². The van der Waals surface area contributed by atoms with Crippen LogP contribution in [0.2, 0.25) is 0 Å². The minimum Gasteiger partial charge on any atom is -0.308 e. The molecule has 1 fully saturated rings. The summed E-state index contributed by atoms with van der Waals surface area (Å²) in [6.45, 7) is 2.08. The van der Waals surface area contributed by atoms with E-state index >= 15 is 0 Å². The number of rotatable bonds is 4. The van der Waals surface area contributed by atoms with E-state index in [4.69, 9.17) is 4.98 Å². The van der Waals surface area contributed by atoms with Crippen molar-refractivity contribution in [3.63, 3.8) is 0 Å². The van der Waals surface area contributed by atoms with Gasteiger partial charge in [0.1, 0.15) is 0 Å². The van der Waals surface area contributed by atoms with Crippen LogP contribution in [0.4, 0.5) is 5.69 Å². The Morgan fingerprint density at radius 3 is 2.71 bits per heavy atom. The highest BCUT2D eigenvalue weighted by atomic mass is 32.2. The molecule has 142 valence electrons. The summed E-state index contributed by atoms with van der Waals surface area (Å²) >= 11 is 1.38. The molecule has 1 amide bonds. The molecule has 0 unspecified atom stereocenters. The van der Waals surface area contributed by atoms with Gasteiger partial charge in [0.15, 0.2) is 5.16 Å². The Labute approximate surface area is 167 Å². The normalized spacial score (nSPS) is 18.5. The van der Waals surface area contributed by atoms with Crippen molar-refractivity contribution in [2.45, 2.75) is 43.4 Å². The summed E-state index contributed by atoms with van der Waals surface area (Å²) in [7, 11) is 0. The quantitative estimate of drug-likeness (QED) is 0.501. The van der Waals surface area contributed by atoms with Crippen molar-refractivity contribution in [2.75, 3.05) is 10.7 Å². The van der Waals surface area contributed by atoms with Crippen LogP contribution in [0.25, 0.3) is 10.9 Å². The molecule has 0 bridgehead atoms. The molecule has 5 rings (SSSR count). The molecule has 2 aliphatic rings. The van der Waals surface area contributed by atoms with Crippen LogP contribution >= 0.6 is 11.8 Å². The third-order valence-electron chi connectivity index (χ3n) is 5.49. The van der Waals surface area contributed by atoms with Gasteiger partial charge in [-0.2, -0.15) is 0 Å². The lowest BCUT2D eigenvalue weighted by Crippen LogP contribution is -2.37. The summed E-state index contributed by atoms with van der Waals surface area (Å²) in [6, 6.07) is 15.9. The van der Waals surface area contributed by atoms with E-state index in [-0.39, 0.29) is 29.3 Å². The standard InChI is InChI=1S/C22H21N3O2S/c1-14-12-15-6-2-5-9-19(15)24(14)20(26)13-28-22-23-18-8-4-3-7-17(18)21(27)25(22)16-10-11-16/h2-9,14,16H,10-13H2,1H3/t14-/m1/s1. The molecule has 28 heavy (non-hydrogen) atoms. The molecule has 1 aliphatic carbocycles. The fourth-order valence-electron chi connectivity index (χ4n) is 4.02. The summed E-state index contributed by atoms with van der Waals surface area (Å²) in [5.74, 6) is 0.336. The number of thioether (sulfide) groups is 1. The molecule has 1 saturated carbocycles. The smallest absolute Gasteiger partial charge is 0.262 e. The number of aromatic nitrogens is 2. The summed E-state index contributed by atoms with van der Waals surface area (Å²) in [6.07, 6.45) is 2.88. The van der Waals surface area contributed by atoms with Crippen molar-refractivity contribution in [2.24, 2.45) is 0 Å². The first-order valence-corrected chi connectivity index (χ1v) is 10.7. The second kappa shape index (κ2) is 6.78. The van der Waals surface area contributed by atoms with Gasteiger partial charge in [0.05, 0.1) is 16.7 Å². The highest BCUT2D eigenvalue weighted by molar-refractivity contribution is 7.99. The minimum absolute atomic E-state index is 0.00272. The van der Waals surface area contributed by atoms with Gasteiger partial charge < -0.3 is 4.90 Å². The van der Waals surface area contributed by atoms with Gasteiger partial charge in [0.25, 0.3) is 5.56 Å². The van der Waals surface area contributed by atoms with E-state index in [9.17, 15) is 9.59 Å². The number of para-hydroxylation sites is 2. The van der Waals surface area contributed by atoms with E-state index in [1.165, 1.54) is 17.3 Å². The lowest BCUT2D eigenvalue weighted by Gasteiger charge is -2.22. The largest absolute Gasteiger partial charge is 0.308 e. The Morgan fingerprint density at radius 2 is 1.89 bits per heavy atom. The lowest BCUT2D eigenvalue weighted by molar-refractivity contribution is -0.116. The Balaban J connectivity index is 1.44. The number of hydrogen-bond donors (Lipinski definition) is 0. The van der Waals surface area contributed by atoms with Gasteiger partial charge in [-0.1, -0.05) is 42.1 Å². The third kappa shape index (κ3) is 2.92. The molecule has 0 spiro atoms. The predicted molar refractivity (Wildman–Crippen MR) is 112 cm³/mol. The van der Waals surface area contributed by atoms with E-state index in [2.05, 4.69) is 13.0 Å². The first kappa shape index (κ1) is 17.5. The maximum absolute atomic E-state index is 13.0. The molecule has 1 aromatic heterocycles. The van der Waals surface area contributed by atoms with Crippen LogP contribution in [-0.4, -0.2) is 27.3 Å². The molecular formula is C22H21N3O2S. The fourth-order valence-corrected chi connectivity index (χ4v) is 4.95. The number of fused-ring (bicyclic) bond motifs is 2. The summed E-state index contributed by atoms with van der Waals surface area (Å²) in [5.41, 5.74) is 2.92. The molecule has 0 radical (unpaired) electrons. The van der Waals surface area contributed by atoms with Crippen LogP contribution in [-0.2, 0) is 11.2 Å². The zero-order chi connectivity index (χ0) is 19.3. The third-order valence-corrected chi connectivity index (χ3v) is 6.43. The van der Waals surface area contributed by atoms with Gasteiger partial charge in [0.2, 0.25) is 5.91 Å². The fraction of sp³-hybridized carbons (Fsp3) is 0.318. The maximum atomic E-state index is 13.0. The van der Waals surface area contributed by atoms with Crippen molar-refractivity contribution in [1.29, 1.82) is 0 Å². The van der Waals surface area contributed by atoms with Crippen molar-refractivity contribution < 1.29 is 4.79 Å². The Kier molecular flexibility index (Phi) is 4.23. The second-order valence-corrected chi connectivity index (χ2v) is 8.49. The van der Waals surface area contributed by atoms with Crippen LogP contribution in [0.15, 0.2) is 58.5 Å². The SMILES string of the molecule is C[C@@H]1Cc2ccccc2N1C(=O)CSc1nc2ccccc2c(=O)n1C1CC1. The zero-order valence-electron chi connectivity index (χ0n) is 15.7. The van der Waals surface area contributed by atoms with Crippen molar-refractivity contribution in [1.82, 2.24) is 9.55 Å². The minimum atomic E-state index is 0.00272. The van der Waals surface area contributed by atoms with E-state index in [0.717, 1.165) is 24.9 Å². The summed E-state index contributed by atoms with van der Waals surface area (Å²) < 4.78 is 1.79. The molecule has 1 atom stereocenters. The van der Waals surface area contributed by atoms with Crippen LogP contribution in [0, 0.1) is 0 Å². The average Bonchev–Trinajstić information content (AvgIpc) is 3.47. The molecular weight excluding hydrogens is 370 g/mol. The first-order chi connectivity index (χ1) is 13.6. The highest BCUT2D eigenvalue weighted by Gasteiger charge is 2.32. The van der Waals surface area contributed by atoms with E-state index in [1.54, 1.807) is 4.57 Å². The number of hydrogen-bond acceptors (Lipinski definition) is 4. The Morgan fingerprint density at radius 1 is 1.14 bits per heavy atom. The monoisotopic (exact) mass is 391 g/mol. The van der Waals surface area contributed by atoms with Crippen molar-refractivity contribution in [3.8, 4) is 0 Å². The van der Waals surface area contributed by atoms with Gasteiger partial charge in [0, 0.05) is 17.8 Å². The number of carbonyl (C=O) groups excluding carboxylic acids is 1. The van der Waals surface area contributed by atoms with Crippen LogP contribution in [0.3, 0.4) is 0 Å². The topological polar surface area (TPSA) is 55.2 Å². The van der Waals surface area contributed by atoms with Gasteiger partial charge in [-0.15, -0.1) is 0 Å². The molecule has 1 aliphatic heterocycles. The number of carbonyl (C=O) groups is 1. The van der Waals surface area contributed by atoms with E-state index in [1.807, 2.05) is 47.4 Å². The van der Waals surface area contributed by atoms with Gasteiger partial charge in [-0.3, -0.25) is 14.2 Å². The van der Waals surface area contributed by atoms with E-state index in [0.29, 0.717) is 16.1 Å². The van der Waals surface area contributed by atoms with Crippen molar-refractivity contribution >= 4 is 34.3 Å². The summed E-state index contributed by atoms with van der Waals surface area (Å²) in [5, 5.41) is 1.30. The maximum Gasteiger partial charge on any atom is 0.262 e. The number of benzene rings is 2. The van der Waals surface area contributed by atoms with Gasteiger partial charge in [-0.05, 0) is 49.9 Å².